The van der Waals surface area contributed by atoms with Gasteiger partial charge in [0.05, 0.1) is 0 Å². The van der Waals surface area contributed by atoms with E-state index in [0.29, 0.717) is 0 Å². The SMILES string of the molecule is CC[C@H](c1ccc(C)cc1F)N1CCNCC1. The van der Waals surface area contributed by atoms with Gasteiger partial charge in [0.2, 0.25) is 0 Å². The fraction of sp³-hybridized carbons (Fsp3) is 0.571. The third kappa shape index (κ3) is 2.85. The largest absolute Gasteiger partial charge is 0.314 e. The van der Waals surface area contributed by atoms with E-state index < -0.39 is 0 Å². The van der Waals surface area contributed by atoms with Crippen molar-refractivity contribution in [3.63, 3.8) is 0 Å². The number of nitrogens with zero attached hydrogens (tertiary/aromatic N) is 1. The van der Waals surface area contributed by atoms with Crippen molar-refractivity contribution in [3.8, 4) is 0 Å². The van der Waals surface area contributed by atoms with Crippen molar-refractivity contribution in [2.24, 2.45) is 0 Å². The van der Waals surface area contributed by atoms with Crippen LogP contribution >= 0.6 is 0 Å². The molecule has 0 spiro atoms. The van der Waals surface area contributed by atoms with Crippen LogP contribution in [0.2, 0.25) is 0 Å². The summed E-state index contributed by atoms with van der Waals surface area (Å²) >= 11 is 0. The van der Waals surface area contributed by atoms with Gasteiger partial charge in [-0.05, 0) is 25.0 Å². The molecule has 1 aliphatic rings. The zero-order chi connectivity index (χ0) is 12.3. The Hall–Kier alpha value is -0.930. The van der Waals surface area contributed by atoms with E-state index in [2.05, 4.69) is 17.1 Å². The molecule has 17 heavy (non-hydrogen) atoms. The Bertz CT molecular complexity index is 372. The van der Waals surface area contributed by atoms with Gasteiger partial charge in [0, 0.05) is 37.8 Å². The lowest BCUT2D eigenvalue weighted by atomic mass is 10.00. The topological polar surface area (TPSA) is 15.3 Å². The summed E-state index contributed by atoms with van der Waals surface area (Å²) in [6.45, 7) is 8.08. The number of benzene rings is 1. The predicted molar refractivity (Wildman–Crippen MR) is 68.6 cm³/mol. The average molecular weight is 236 g/mol. The lowest BCUT2D eigenvalue weighted by Gasteiger charge is -2.34. The highest BCUT2D eigenvalue weighted by atomic mass is 19.1. The molecule has 0 amide bonds. The molecule has 0 saturated carbocycles. The monoisotopic (exact) mass is 236 g/mol. The molecule has 1 fully saturated rings. The number of aryl methyl sites for hydroxylation is 1. The molecule has 0 bridgehead atoms. The predicted octanol–water partition coefficient (Wildman–Crippen LogP) is 2.49. The van der Waals surface area contributed by atoms with Crippen LogP contribution in [0.15, 0.2) is 18.2 Å². The number of nitrogens with one attached hydrogen (secondary N) is 1. The molecule has 1 atom stereocenters. The highest BCUT2D eigenvalue weighted by Crippen LogP contribution is 2.27. The minimum Gasteiger partial charge on any atom is -0.314 e. The summed E-state index contributed by atoms with van der Waals surface area (Å²) in [5.74, 6) is -0.0598. The average Bonchev–Trinajstić information content (AvgIpc) is 2.34. The molecule has 3 heteroatoms. The maximum atomic E-state index is 14.0. The third-order valence-electron chi connectivity index (χ3n) is 3.49. The van der Waals surface area contributed by atoms with E-state index in [9.17, 15) is 4.39 Å². The van der Waals surface area contributed by atoms with Gasteiger partial charge in [0.25, 0.3) is 0 Å². The standard InChI is InChI=1S/C14H21FN2/c1-3-14(17-8-6-16-7-9-17)12-5-4-11(2)10-13(12)15/h4-5,10,14,16H,3,6-9H2,1-2H3/t14-/m1/s1. The van der Waals surface area contributed by atoms with Crippen molar-refractivity contribution in [2.75, 3.05) is 26.2 Å². The van der Waals surface area contributed by atoms with E-state index in [0.717, 1.165) is 43.7 Å². The van der Waals surface area contributed by atoms with Crippen LogP contribution in [0.1, 0.15) is 30.5 Å². The molecule has 2 nitrogen and oxygen atoms in total. The van der Waals surface area contributed by atoms with Crippen LogP contribution in [-0.4, -0.2) is 31.1 Å². The molecule has 0 aromatic heterocycles. The van der Waals surface area contributed by atoms with Crippen molar-refractivity contribution in [2.45, 2.75) is 26.3 Å². The Morgan fingerprint density at radius 3 is 2.65 bits per heavy atom. The van der Waals surface area contributed by atoms with Crippen LogP contribution in [0.5, 0.6) is 0 Å². The molecule has 1 aromatic rings. The first-order valence-corrected chi connectivity index (χ1v) is 6.43. The fourth-order valence-corrected chi connectivity index (χ4v) is 2.57. The molecular weight excluding hydrogens is 215 g/mol. The van der Waals surface area contributed by atoms with Gasteiger partial charge in [-0.2, -0.15) is 0 Å². The van der Waals surface area contributed by atoms with E-state index in [4.69, 9.17) is 0 Å². The van der Waals surface area contributed by atoms with E-state index in [1.165, 1.54) is 0 Å². The van der Waals surface area contributed by atoms with E-state index in [1.54, 1.807) is 6.07 Å². The molecule has 0 radical (unpaired) electrons. The Labute approximate surface area is 103 Å². The van der Waals surface area contributed by atoms with Gasteiger partial charge in [0.15, 0.2) is 0 Å². The van der Waals surface area contributed by atoms with Gasteiger partial charge in [-0.1, -0.05) is 19.1 Å². The van der Waals surface area contributed by atoms with Crippen molar-refractivity contribution >= 4 is 0 Å². The second-order valence-electron chi connectivity index (χ2n) is 4.73. The molecule has 1 aliphatic heterocycles. The van der Waals surface area contributed by atoms with Gasteiger partial charge in [-0.25, -0.2) is 4.39 Å². The second kappa shape index (κ2) is 5.61. The van der Waals surface area contributed by atoms with Gasteiger partial charge in [0.1, 0.15) is 5.82 Å². The molecule has 94 valence electrons. The lowest BCUT2D eigenvalue weighted by molar-refractivity contribution is 0.166. The smallest absolute Gasteiger partial charge is 0.128 e. The normalized spacial score (nSPS) is 19.2. The zero-order valence-corrected chi connectivity index (χ0v) is 10.7. The van der Waals surface area contributed by atoms with Gasteiger partial charge >= 0.3 is 0 Å². The zero-order valence-electron chi connectivity index (χ0n) is 10.7. The third-order valence-corrected chi connectivity index (χ3v) is 3.49. The van der Waals surface area contributed by atoms with E-state index in [-0.39, 0.29) is 11.9 Å². The maximum absolute atomic E-state index is 14.0. The summed E-state index contributed by atoms with van der Waals surface area (Å²) in [7, 11) is 0. The Morgan fingerprint density at radius 2 is 2.06 bits per heavy atom. The van der Waals surface area contributed by atoms with E-state index in [1.807, 2.05) is 19.1 Å². The molecule has 1 N–H and O–H groups in total. The Balaban J connectivity index is 2.21. The van der Waals surface area contributed by atoms with Crippen molar-refractivity contribution in [1.82, 2.24) is 10.2 Å². The highest BCUT2D eigenvalue weighted by Gasteiger charge is 2.22. The van der Waals surface area contributed by atoms with Gasteiger partial charge in [-0.3, -0.25) is 4.90 Å². The minimum atomic E-state index is -0.0598. The summed E-state index contributed by atoms with van der Waals surface area (Å²) < 4.78 is 14.0. The van der Waals surface area contributed by atoms with Crippen molar-refractivity contribution < 1.29 is 4.39 Å². The van der Waals surface area contributed by atoms with Crippen LogP contribution in [0.3, 0.4) is 0 Å². The van der Waals surface area contributed by atoms with Gasteiger partial charge < -0.3 is 5.32 Å². The van der Waals surface area contributed by atoms with E-state index >= 15 is 0 Å². The molecule has 2 rings (SSSR count). The van der Waals surface area contributed by atoms with Crippen LogP contribution < -0.4 is 5.32 Å². The summed E-state index contributed by atoms with van der Waals surface area (Å²) in [4.78, 5) is 2.38. The summed E-state index contributed by atoms with van der Waals surface area (Å²) in [6, 6.07) is 5.81. The first-order chi connectivity index (χ1) is 8.22. The summed E-state index contributed by atoms with van der Waals surface area (Å²) in [6.07, 6.45) is 0.958. The number of hydrogen-bond donors (Lipinski definition) is 1. The second-order valence-corrected chi connectivity index (χ2v) is 4.73. The molecule has 0 aliphatic carbocycles. The minimum absolute atomic E-state index is 0.0598. The van der Waals surface area contributed by atoms with Crippen LogP contribution in [-0.2, 0) is 0 Å². The van der Waals surface area contributed by atoms with Crippen molar-refractivity contribution in [3.05, 3.63) is 35.1 Å². The highest BCUT2D eigenvalue weighted by molar-refractivity contribution is 5.26. The first kappa shape index (κ1) is 12.5. The number of hydrogen-bond acceptors (Lipinski definition) is 2. The molecule has 1 heterocycles. The maximum Gasteiger partial charge on any atom is 0.128 e. The van der Waals surface area contributed by atoms with Crippen LogP contribution in [0, 0.1) is 12.7 Å². The van der Waals surface area contributed by atoms with Crippen LogP contribution in [0.25, 0.3) is 0 Å². The Morgan fingerprint density at radius 1 is 1.35 bits per heavy atom. The molecule has 1 saturated heterocycles. The fourth-order valence-electron chi connectivity index (χ4n) is 2.57. The summed E-state index contributed by atoms with van der Waals surface area (Å²) in [5.41, 5.74) is 1.83. The number of piperazine rings is 1. The molecule has 0 unspecified atom stereocenters. The van der Waals surface area contributed by atoms with Gasteiger partial charge in [-0.15, -0.1) is 0 Å². The molecular formula is C14H21FN2. The Kier molecular flexibility index (Phi) is 4.13. The number of rotatable bonds is 3. The summed E-state index contributed by atoms with van der Waals surface area (Å²) in [5, 5.41) is 3.33. The van der Waals surface area contributed by atoms with Crippen molar-refractivity contribution in [1.29, 1.82) is 0 Å². The van der Waals surface area contributed by atoms with Crippen LogP contribution in [0.4, 0.5) is 4.39 Å². The first-order valence-electron chi connectivity index (χ1n) is 6.43. The molecule has 1 aromatic carbocycles. The number of halogens is 1. The lowest BCUT2D eigenvalue weighted by Crippen LogP contribution is -2.45. The quantitative estimate of drug-likeness (QED) is 0.867.